The zero-order chi connectivity index (χ0) is 16.5. The van der Waals surface area contributed by atoms with Gasteiger partial charge in [0, 0.05) is 5.39 Å². The van der Waals surface area contributed by atoms with Crippen molar-refractivity contribution in [2.45, 2.75) is 37.0 Å². The van der Waals surface area contributed by atoms with E-state index in [0.29, 0.717) is 11.2 Å². The quantitative estimate of drug-likeness (QED) is 0.693. The molecule has 0 saturated heterocycles. The number of carbonyl (C=O) groups is 1. The lowest BCUT2D eigenvalue weighted by molar-refractivity contribution is -0.119. The van der Waals surface area contributed by atoms with Gasteiger partial charge < -0.3 is 9.73 Å². The summed E-state index contributed by atoms with van der Waals surface area (Å²) in [6.45, 7) is 1.91. The van der Waals surface area contributed by atoms with Gasteiger partial charge in [-0.05, 0) is 42.3 Å². The molecule has 2 heterocycles. The minimum atomic E-state index is -0.190. The van der Waals surface area contributed by atoms with Gasteiger partial charge in [-0.2, -0.15) is 0 Å². The number of fused-ring (bicyclic) bond motifs is 1. The van der Waals surface area contributed by atoms with Gasteiger partial charge in [0.15, 0.2) is 0 Å². The predicted molar refractivity (Wildman–Crippen MR) is 89.6 cm³/mol. The normalized spacial score (nSPS) is 15.5. The number of para-hydroxylation sites is 1. The Bertz CT molecular complexity index is 837. The largest absolute Gasteiger partial charge is 0.459 e. The zero-order valence-corrected chi connectivity index (χ0v) is 14.0. The van der Waals surface area contributed by atoms with Crippen molar-refractivity contribution in [1.29, 1.82) is 0 Å². The van der Waals surface area contributed by atoms with Gasteiger partial charge >= 0.3 is 0 Å². The number of tetrazole rings is 1. The number of hydrogen-bond donors (Lipinski definition) is 1. The number of nitrogens with zero attached hydrogens (tertiary/aromatic N) is 4. The third-order valence-corrected chi connectivity index (χ3v) is 4.87. The van der Waals surface area contributed by atoms with Crippen molar-refractivity contribution in [3.8, 4) is 0 Å². The number of furan rings is 1. The summed E-state index contributed by atoms with van der Waals surface area (Å²) in [4.78, 5) is 12.2. The summed E-state index contributed by atoms with van der Waals surface area (Å²) in [6, 6.07) is 9.97. The molecule has 0 radical (unpaired) electrons. The highest BCUT2D eigenvalue weighted by Crippen LogP contribution is 2.36. The van der Waals surface area contributed by atoms with Crippen LogP contribution in [0.3, 0.4) is 0 Å². The molecule has 1 N–H and O–H groups in total. The molecular weight excluding hydrogens is 326 g/mol. The molecular formula is C16H17N5O2S. The summed E-state index contributed by atoms with van der Waals surface area (Å²) in [5.74, 6) is 0.952. The predicted octanol–water partition coefficient (Wildman–Crippen LogP) is 2.72. The van der Waals surface area contributed by atoms with Gasteiger partial charge in [-0.25, -0.2) is 4.68 Å². The van der Waals surface area contributed by atoms with E-state index in [2.05, 4.69) is 20.8 Å². The Balaban J connectivity index is 1.35. The molecule has 1 aliphatic carbocycles. The Hall–Kier alpha value is -2.35. The summed E-state index contributed by atoms with van der Waals surface area (Å²) < 4.78 is 7.59. The Morgan fingerprint density at radius 2 is 2.29 bits per heavy atom. The molecule has 1 saturated carbocycles. The second kappa shape index (κ2) is 6.27. The molecule has 1 aliphatic rings. The van der Waals surface area contributed by atoms with Crippen LogP contribution in [-0.2, 0) is 4.79 Å². The summed E-state index contributed by atoms with van der Waals surface area (Å²) in [6.07, 6.45) is 2.21. The van der Waals surface area contributed by atoms with Crippen molar-refractivity contribution in [3.05, 3.63) is 36.1 Å². The number of rotatable bonds is 6. The minimum absolute atomic E-state index is 0.0710. The van der Waals surface area contributed by atoms with Crippen molar-refractivity contribution in [2.24, 2.45) is 0 Å². The molecule has 0 spiro atoms. The first-order valence-corrected chi connectivity index (χ1v) is 8.88. The van der Waals surface area contributed by atoms with E-state index in [1.807, 2.05) is 37.3 Å². The molecule has 8 heteroatoms. The number of benzene rings is 1. The topological polar surface area (TPSA) is 85.8 Å². The molecule has 0 unspecified atom stereocenters. The number of nitrogens with one attached hydrogen (secondary N) is 1. The second-order valence-corrected chi connectivity index (χ2v) is 6.84. The summed E-state index contributed by atoms with van der Waals surface area (Å²) in [7, 11) is 0. The van der Waals surface area contributed by atoms with Crippen LogP contribution in [0.15, 0.2) is 39.9 Å². The fourth-order valence-corrected chi connectivity index (χ4v) is 3.28. The van der Waals surface area contributed by atoms with E-state index in [-0.39, 0.29) is 17.7 Å². The SMILES string of the molecule is C[C@@H](NC(=O)CSc1nnnn1C1CC1)c1cc2ccccc2o1. The minimum Gasteiger partial charge on any atom is -0.459 e. The Labute approximate surface area is 142 Å². The lowest BCUT2D eigenvalue weighted by Gasteiger charge is -2.11. The first-order valence-electron chi connectivity index (χ1n) is 7.89. The first kappa shape index (κ1) is 15.2. The van der Waals surface area contributed by atoms with Gasteiger partial charge in [0.05, 0.1) is 17.8 Å². The van der Waals surface area contributed by atoms with Crippen LogP contribution in [0, 0.1) is 0 Å². The van der Waals surface area contributed by atoms with Gasteiger partial charge in [-0.3, -0.25) is 4.79 Å². The van der Waals surface area contributed by atoms with E-state index in [9.17, 15) is 4.79 Å². The van der Waals surface area contributed by atoms with Crippen LogP contribution in [0.2, 0.25) is 0 Å². The fourth-order valence-electron chi connectivity index (χ4n) is 2.53. The number of carbonyl (C=O) groups excluding carboxylic acids is 1. The molecule has 1 fully saturated rings. The van der Waals surface area contributed by atoms with Crippen LogP contribution in [0.1, 0.15) is 37.6 Å². The number of aromatic nitrogens is 4. The highest BCUT2D eigenvalue weighted by molar-refractivity contribution is 7.99. The van der Waals surface area contributed by atoms with Crippen molar-refractivity contribution in [1.82, 2.24) is 25.5 Å². The van der Waals surface area contributed by atoms with E-state index >= 15 is 0 Å². The van der Waals surface area contributed by atoms with Crippen molar-refractivity contribution >= 4 is 28.6 Å². The first-order chi connectivity index (χ1) is 11.7. The molecule has 1 amide bonds. The van der Waals surface area contributed by atoms with Gasteiger partial charge in [0.2, 0.25) is 11.1 Å². The molecule has 0 aliphatic heterocycles. The average molecular weight is 343 g/mol. The molecule has 3 aromatic rings. The van der Waals surface area contributed by atoms with Gasteiger partial charge in [0.1, 0.15) is 11.3 Å². The maximum absolute atomic E-state index is 12.2. The monoisotopic (exact) mass is 343 g/mol. The maximum Gasteiger partial charge on any atom is 0.231 e. The van der Waals surface area contributed by atoms with Crippen LogP contribution < -0.4 is 5.32 Å². The Morgan fingerprint density at radius 3 is 3.08 bits per heavy atom. The third kappa shape index (κ3) is 3.14. The van der Waals surface area contributed by atoms with Gasteiger partial charge in [-0.1, -0.05) is 30.0 Å². The van der Waals surface area contributed by atoms with E-state index in [0.717, 1.165) is 29.6 Å². The molecule has 124 valence electrons. The second-order valence-electron chi connectivity index (χ2n) is 5.90. The summed E-state index contributed by atoms with van der Waals surface area (Å²) >= 11 is 1.36. The standard InChI is InChI=1S/C16H17N5O2S/c1-10(14-8-11-4-2-3-5-13(11)23-14)17-15(22)9-24-16-18-19-20-21(16)12-6-7-12/h2-5,8,10,12H,6-7,9H2,1H3,(H,17,22)/t10-/m1/s1. The van der Waals surface area contributed by atoms with E-state index < -0.39 is 0 Å². The Kier molecular flexibility index (Phi) is 3.97. The maximum atomic E-state index is 12.2. The molecule has 7 nitrogen and oxygen atoms in total. The molecule has 2 aromatic heterocycles. The summed E-state index contributed by atoms with van der Waals surface area (Å²) in [5.41, 5.74) is 0.826. The third-order valence-electron chi connectivity index (χ3n) is 3.94. The van der Waals surface area contributed by atoms with Gasteiger partial charge in [0.25, 0.3) is 0 Å². The van der Waals surface area contributed by atoms with E-state index in [1.165, 1.54) is 11.8 Å². The van der Waals surface area contributed by atoms with Crippen molar-refractivity contribution < 1.29 is 9.21 Å². The van der Waals surface area contributed by atoms with Crippen LogP contribution in [0.4, 0.5) is 0 Å². The molecule has 1 aromatic carbocycles. The molecule has 24 heavy (non-hydrogen) atoms. The van der Waals surface area contributed by atoms with Crippen LogP contribution in [0.25, 0.3) is 11.0 Å². The van der Waals surface area contributed by atoms with E-state index in [1.54, 1.807) is 4.68 Å². The van der Waals surface area contributed by atoms with Crippen molar-refractivity contribution in [2.75, 3.05) is 5.75 Å². The van der Waals surface area contributed by atoms with Gasteiger partial charge in [-0.15, -0.1) is 5.10 Å². The lowest BCUT2D eigenvalue weighted by Crippen LogP contribution is -2.28. The average Bonchev–Trinajstić information content (AvgIpc) is 3.16. The van der Waals surface area contributed by atoms with E-state index in [4.69, 9.17) is 4.42 Å². The number of amides is 1. The highest BCUT2D eigenvalue weighted by atomic mass is 32.2. The van der Waals surface area contributed by atoms with Crippen LogP contribution >= 0.6 is 11.8 Å². The zero-order valence-electron chi connectivity index (χ0n) is 13.2. The number of hydrogen-bond acceptors (Lipinski definition) is 6. The highest BCUT2D eigenvalue weighted by Gasteiger charge is 2.28. The smallest absolute Gasteiger partial charge is 0.231 e. The van der Waals surface area contributed by atoms with Crippen LogP contribution in [0.5, 0.6) is 0 Å². The summed E-state index contributed by atoms with van der Waals surface area (Å²) in [5, 5.41) is 16.3. The lowest BCUT2D eigenvalue weighted by atomic mass is 10.2. The molecule has 1 atom stereocenters. The number of thioether (sulfide) groups is 1. The molecule has 0 bridgehead atoms. The Morgan fingerprint density at radius 1 is 1.46 bits per heavy atom. The fraction of sp³-hybridized carbons (Fsp3) is 0.375. The van der Waals surface area contributed by atoms with Crippen molar-refractivity contribution in [3.63, 3.8) is 0 Å². The van der Waals surface area contributed by atoms with Crippen LogP contribution in [-0.4, -0.2) is 31.9 Å². The molecule has 4 rings (SSSR count).